The Morgan fingerprint density at radius 2 is 1.96 bits per heavy atom. The van der Waals surface area contributed by atoms with Crippen LogP contribution in [-0.2, 0) is 20.8 Å². The molecule has 134 valence electrons. The summed E-state index contributed by atoms with van der Waals surface area (Å²) in [7, 11) is 0. The van der Waals surface area contributed by atoms with Gasteiger partial charge in [0.1, 0.15) is 6.10 Å². The molecule has 2 N–H and O–H groups in total. The maximum Gasteiger partial charge on any atom is 0.252 e. The van der Waals surface area contributed by atoms with Crippen molar-refractivity contribution in [2.75, 3.05) is 19.7 Å². The summed E-state index contributed by atoms with van der Waals surface area (Å²) in [6, 6.07) is 10.1. The van der Waals surface area contributed by atoms with E-state index in [1.165, 1.54) is 0 Å². The number of halogens is 1. The van der Waals surface area contributed by atoms with Crippen LogP contribution in [-0.4, -0.2) is 48.8 Å². The Morgan fingerprint density at radius 3 is 2.58 bits per heavy atom. The molecule has 1 amide bonds. The molecule has 2 heterocycles. The number of nitrogens with zero attached hydrogens (tertiary/aromatic N) is 1. The molecule has 6 heteroatoms. The molecule has 0 aliphatic carbocycles. The molecule has 0 spiro atoms. The van der Waals surface area contributed by atoms with Crippen molar-refractivity contribution in [3.8, 4) is 0 Å². The molecular weight excluding hydrogens is 328 g/mol. The highest BCUT2D eigenvalue weighted by molar-refractivity contribution is 5.85. The molecule has 5 nitrogen and oxygen atoms in total. The van der Waals surface area contributed by atoms with Crippen LogP contribution < -0.4 is 5.73 Å². The van der Waals surface area contributed by atoms with E-state index in [9.17, 15) is 4.79 Å². The van der Waals surface area contributed by atoms with E-state index in [2.05, 4.69) is 0 Å². The second kappa shape index (κ2) is 9.37. The lowest BCUT2D eigenvalue weighted by Crippen LogP contribution is -2.43. The summed E-state index contributed by atoms with van der Waals surface area (Å²) in [5, 5.41) is 0. The van der Waals surface area contributed by atoms with E-state index >= 15 is 0 Å². The van der Waals surface area contributed by atoms with E-state index in [-0.39, 0.29) is 36.6 Å². The highest BCUT2D eigenvalue weighted by atomic mass is 35.5. The fraction of sp³-hybridized carbons (Fsp3) is 0.611. The fourth-order valence-corrected chi connectivity index (χ4v) is 3.33. The highest BCUT2D eigenvalue weighted by Crippen LogP contribution is 2.23. The molecule has 3 rings (SSSR count). The Bertz CT molecular complexity index is 508. The summed E-state index contributed by atoms with van der Waals surface area (Å²) >= 11 is 0. The fourth-order valence-electron chi connectivity index (χ4n) is 3.33. The lowest BCUT2D eigenvalue weighted by atomic mass is 10.1. The predicted molar refractivity (Wildman–Crippen MR) is 95.0 cm³/mol. The number of rotatable bonds is 6. The van der Waals surface area contributed by atoms with Gasteiger partial charge in [-0.15, -0.1) is 12.4 Å². The third kappa shape index (κ3) is 4.93. The van der Waals surface area contributed by atoms with E-state index in [4.69, 9.17) is 15.2 Å². The number of amides is 1. The number of carbonyl (C=O) groups is 1. The van der Waals surface area contributed by atoms with Crippen molar-refractivity contribution < 1.29 is 14.3 Å². The summed E-state index contributed by atoms with van der Waals surface area (Å²) in [6.07, 6.45) is 3.54. The van der Waals surface area contributed by atoms with Crippen molar-refractivity contribution in [2.45, 2.75) is 50.5 Å². The van der Waals surface area contributed by atoms with Gasteiger partial charge >= 0.3 is 0 Å². The van der Waals surface area contributed by atoms with Crippen molar-refractivity contribution >= 4 is 18.3 Å². The van der Waals surface area contributed by atoms with Gasteiger partial charge in [-0.25, -0.2) is 0 Å². The molecular formula is C18H27ClN2O3. The van der Waals surface area contributed by atoms with E-state index in [0.29, 0.717) is 19.6 Å². The monoisotopic (exact) mass is 354 g/mol. The average Bonchev–Trinajstić information content (AvgIpc) is 3.26. The van der Waals surface area contributed by atoms with Gasteiger partial charge < -0.3 is 20.1 Å². The van der Waals surface area contributed by atoms with Crippen molar-refractivity contribution in [1.82, 2.24) is 4.90 Å². The van der Waals surface area contributed by atoms with E-state index in [1.54, 1.807) is 0 Å². The molecule has 2 aliphatic rings. The molecule has 0 aromatic heterocycles. The molecule has 0 radical (unpaired) electrons. The van der Waals surface area contributed by atoms with Gasteiger partial charge in [-0.1, -0.05) is 30.3 Å². The zero-order valence-corrected chi connectivity index (χ0v) is 14.7. The van der Waals surface area contributed by atoms with Gasteiger partial charge in [0.25, 0.3) is 5.91 Å². The van der Waals surface area contributed by atoms with Crippen molar-refractivity contribution in [2.24, 2.45) is 5.73 Å². The predicted octanol–water partition coefficient (Wildman–Crippen LogP) is 2.12. The summed E-state index contributed by atoms with van der Waals surface area (Å²) in [5.41, 5.74) is 6.79. The van der Waals surface area contributed by atoms with Crippen LogP contribution in [0.5, 0.6) is 0 Å². The molecule has 2 saturated heterocycles. The van der Waals surface area contributed by atoms with Crippen LogP contribution in [0, 0.1) is 0 Å². The van der Waals surface area contributed by atoms with E-state index in [0.717, 1.165) is 37.9 Å². The largest absolute Gasteiger partial charge is 0.376 e. The van der Waals surface area contributed by atoms with Gasteiger partial charge in [0.2, 0.25) is 0 Å². The third-order valence-electron chi connectivity index (χ3n) is 4.62. The Balaban J connectivity index is 0.00000208. The Hall–Kier alpha value is -1.14. The lowest BCUT2D eigenvalue weighted by molar-refractivity contribution is -0.145. The van der Waals surface area contributed by atoms with Crippen LogP contribution in [0.1, 0.15) is 31.2 Å². The second-order valence-corrected chi connectivity index (χ2v) is 6.40. The quantitative estimate of drug-likeness (QED) is 0.849. The molecule has 1 aromatic rings. The SMILES string of the molecule is Cl.NC[C@H]1CC[C@@H](C(=O)N(Cc2ccccc2)CC2CCCO2)O1. The molecule has 1 aromatic carbocycles. The maximum absolute atomic E-state index is 12.9. The van der Waals surface area contributed by atoms with Crippen molar-refractivity contribution in [3.63, 3.8) is 0 Å². The molecule has 3 atom stereocenters. The Morgan fingerprint density at radius 1 is 1.17 bits per heavy atom. The molecule has 0 saturated carbocycles. The number of benzene rings is 1. The first-order chi connectivity index (χ1) is 11.3. The highest BCUT2D eigenvalue weighted by Gasteiger charge is 2.34. The molecule has 2 fully saturated rings. The first-order valence-electron chi connectivity index (χ1n) is 8.56. The number of carbonyl (C=O) groups excluding carboxylic acids is 1. The van der Waals surface area contributed by atoms with Crippen molar-refractivity contribution in [3.05, 3.63) is 35.9 Å². The Labute approximate surface area is 149 Å². The van der Waals surface area contributed by atoms with Gasteiger partial charge in [0.05, 0.1) is 12.2 Å². The minimum atomic E-state index is -0.353. The molecule has 2 aliphatic heterocycles. The van der Waals surface area contributed by atoms with Crippen LogP contribution in [0.15, 0.2) is 30.3 Å². The summed E-state index contributed by atoms with van der Waals surface area (Å²) < 4.78 is 11.5. The molecule has 24 heavy (non-hydrogen) atoms. The topological polar surface area (TPSA) is 64.8 Å². The smallest absolute Gasteiger partial charge is 0.252 e. The van der Waals surface area contributed by atoms with Crippen molar-refractivity contribution in [1.29, 1.82) is 0 Å². The first kappa shape index (κ1) is 19.2. The zero-order valence-electron chi connectivity index (χ0n) is 13.9. The standard InChI is InChI=1S/C18H26N2O3.ClH/c19-11-15-8-9-17(23-15)18(21)20(13-16-7-4-10-22-16)12-14-5-2-1-3-6-14;/h1-3,5-6,15-17H,4,7-13,19H2;1H/t15-,16?,17+;/m1./s1. The van der Waals surface area contributed by atoms with Gasteiger partial charge in [0.15, 0.2) is 0 Å². The minimum Gasteiger partial charge on any atom is -0.376 e. The van der Waals surface area contributed by atoms with Crippen LogP contribution in [0.4, 0.5) is 0 Å². The normalized spacial score (nSPS) is 26.1. The van der Waals surface area contributed by atoms with Gasteiger partial charge in [-0.3, -0.25) is 4.79 Å². The van der Waals surface area contributed by atoms with Crippen LogP contribution in [0.25, 0.3) is 0 Å². The summed E-state index contributed by atoms with van der Waals surface area (Å²) in [4.78, 5) is 14.8. The third-order valence-corrected chi connectivity index (χ3v) is 4.62. The Kier molecular flexibility index (Phi) is 7.49. The number of hydrogen-bond acceptors (Lipinski definition) is 4. The lowest BCUT2D eigenvalue weighted by Gasteiger charge is -2.28. The van der Waals surface area contributed by atoms with E-state index in [1.807, 2.05) is 35.2 Å². The number of nitrogens with two attached hydrogens (primary N) is 1. The summed E-state index contributed by atoms with van der Waals surface area (Å²) in [5.74, 6) is 0.0697. The van der Waals surface area contributed by atoms with Crippen LogP contribution in [0.2, 0.25) is 0 Å². The van der Waals surface area contributed by atoms with Gasteiger partial charge in [-0.2, -0.15) is 0 Å². The average molecular weight is 355 g/mol. The second-order valence-electron chi connectivity index (χ2n) is 6.40. The minimum absolute atomic E-state index is 0. The zero-order chi connectivity index (χ0) is 16.1. The maximum atomic E-state index is 12.9. The number of hydrogen-bond donors (Lipinski definition) is 1. The van der Waals surface area contributed by atoms with Gasteiger partial charge in [0, 0.05) is 26.2 Å². The molecule has 0 bridgehead atoms. The first-order valence-corrected chi connectivity index (χ1v) is 8.56. The van der Waals surface area contributed by atoms with Crippen LogP contribution >= 0.6 is 12.4 Å². The van der Waals surface area contributed by atoms with E-state index < -0.39 is 0 Å². The summed E-state index contributed by atoms with van der Waals surface area (Å²) in [6.45, 7) is 2.52. The van der Waals surface area contributed by atoms with Crippen LogP contribution in [0.3, 0.4) is 0 Å². The van der Waals surface area contributed by atoms with Gasteiger partial charge in [-0.05, 0) is 31.2 Å². The number of ether oxygens (including phenoxy) is 2. The molecule has 1 unspecified atom stereocenters.